The van der Waals surface area contributed by atoms with E-state index in [2.05, 4.69) is 16.8 Å². The van der Waals surface area contributed by atoms with E-state index in [0.29, 0.717) is 18.7 Å². The van der Waals surface area contributed by atoms with Crippen molar-refractivity contribution in [2.45, 2.75) is 19.5 Å². The zero-order chi connectivity index (χ0) is 17.4. The van der Waals surface area contributed by atoms with Crippen LogP contribution >= 0.6 is 11.3 Å². The molecule has 2 aliphatic rings. The first-order valence-corrected chi connectivity index (χ1v) is 9.01. The minimum Gasteiger partial charge on any atom is -0.334 e. The second-order valence-corrected chi connectivity index (χ2v) is 7.19. The second-order valence-electron chi connectivity index (χ2n) is 6.18. The molecule has 1 aromatic carbocycles. The summed E-state index contributed by atoms with van der Waals surface area (Å²) in [5.41, 5.74) is 2.58. The van der Waals surface area contributed by atoms with E-state index in [0.717, 1.165) is 12.0 Å². The Hall–Kier alpha value is -2.67. The number of hydrogen-bond donors (Lipinski definition) is 1. The molecule has 0 bridgehead atoms. The molecule has 6 nitrogen and oxygen atoms in total. The van der Waals surface area contributed by atoms with E-state index in [1.807, 2.05) is 11.0 Å². The van der Waals surface area contributed by atoms with E-state index in [1.54, 1.807) is 29.5 Å². The van der Waals surface area contributed by atoms with Gasteiger partial charge in [0.25, 0.3) is 5.91 Å². The third-order valence-electron chi connectivity index (χ3n) is 4.55. The first kappa shape index (κ1) is 15.8. The van der Waals surface area contributed by atoms with Crippen molar-refractivity contribution in [1.29, 1.82) is 0 Å². The fourth-order valence-electron chi connectivity index (χ4n) is 3.21. The van der Waals surface area contributed by atoms with Gasteiger partial charge in [-0.25, -0.2) is 4.79 Å². The van der Waals surface area contributed by atoms with E-state index in [-0.39, 0.29) is 30.9 Å². The number of amides is 4. The van der Waals surface area contributed by atoms with Crippen molar-refractivity contribution >= 4 is 29.2 Å². The lowest BCUT2D eigenvalue weighted by Gasteiger charge is -2.27. The molecule has 2 aromatic rings. The van der Waals surface area contributed by atoms with Gasteiger partial charge in [0.1, 0.15) is 0 Å². The smallest absolute Gasteiger partial charge is 0.324 e. The quantitative estimate of drug-likeness (QED) is 0.856. The van der Waals surface area contributed by atoms with E-state index >= 15 is 0 Å². The highest BCUT2D eigenvalue weighted by atomic mass is 32.1. The summed E-state index contributed by atoms with van der Waals surface area (Å²) in [6.07, 6.45) is 0.890. The average molecular weight is 355 g/mol. The molecule has 1 aromatic heterocycles. The summed E-state index contributed by atoms with van der Waals surface area (Å²) in [7, 11) is 0. The molecule has 7 heteroatoms. The summed E-state index contributed by atoms with van der Waals surface area (Å²) in [5, 5.41) is 4.57. The summed E-state index contributed by atoms with van der Waals surface area (Å²) < 4.78 is 0. The zero-order valence-corrected chi connectivity index (χ0v) is 14.3. The molecule has 4 amide bonds. The van der Waals surface area contributed by atoms with Gasteiger partial charge >= 0.3 is 6.03 Å². The molecule has 0 unspecified atom stereocenters. The standard InChI is InChI=1S/C18H17N3O3S/c22-16-9-19-18(24)21(16)10-12-2-1-3-13(8-12)17(23)20-6-4-15-14(11-20)5-7-25-15/h1-3,5,7-8H,4,6,9-11H2,(H,19,24). The topological polar surface area (TPSA) is 69.7 Å². The summed E-state index contributed by atoms with van der Waals surface area (Å²) in [4.78, 5) is 40.6. The van der Waals surface area contributed by atoms with Gasteiger partial charge in [0.15, 0.2) is 0 Å². The number of rotatable bonds is 3. The van der Waals surface area contributed by atoms with Crippen LogP contribution in [0.15, 0.2) is 35.7 Å². The highest BCUT2D eigenvalue weighted by molar-refractivity contribution is 7.10. The van der Waals surface area contributed by atoms with Crippen LogP contribution in [0.2, 0.25) is 0 Å². The van der Waals surface area contributed by atoms with Gasteiger partial charge in [-0.15, -0.1) is 11.3 Å². The largest absolute Gasteiger partial charge is 0.334 e. The predicted molar refractivity (Wildman–Crippen MR) is 93.2 cm³/mol. The van der Waals surface area contributed by atoms with Crippen LogP contribution in [0.1, 0.15) is 26.4 Å². The lowest BCUT2D eigenvalue weighted by atomic mass is 10.1. The molecule has 128 valence electrons. The molecule has 4 rings (SSSR count). The van der Waals surface area contributed by atoms with Crippen molar-refractivity contribution in [3.8, 4) is 0 Å². The number of nitrogens with one attached hydrogen (secondary N) is 1. The van der Waals surface area contributed by atoms with Crippen LogP contribution in [0, 0.1) is 0 Å². The van der Waals surface area contributed by atoms with Crippen LogP contribution in [0.4, 0.5) is 4.79 Å². The maximum atomic E-state index is 12.8. The Morgan fingerprint density at radius 1 is 1.24 bits per heavy atom. The van der Waals surface area contributed by atoms with E-state index < -0.39 is 0 Å². The van der Waals surface area contributed by atoms with E-state index in [9.17, 15) is 14.4 Å². The van der Waals surface area contributed by atoms with Gasteiger partial charge in [-0.3, -0.25) is 14.5 Å². The number of nitrogens with zero attached hydrogens (tertiary/aromatic N) is 2. The monoisotopic (exact) mass is 355 g/mol. The number of fused-ring (bicyclic) bond motifs is 1. The number of carbonyl (C=O) groups excluding carboxylic acids is 3. The Labute approximate surface area is 149 Å². The fraction of sp³-hybridized carbons (Fsp3) is 0.278. The lowest BCUT2D eigenvalue weighted by Crippen LogP contribution is -2.35. The molecule has 1 N–H and O–H groups in total. The van der Waals surface area contributed by atoms with Gasteiger partial charge in [0, 0.05) is 23.5 Å². The van der Waals surface area contributed by atoms with Crippen molar-refractivity contribution in [3.63, 3.8) is 0 Å². The van der Waals surface area contributed by atoms with Crippen molar-refractivity contribution in [1.82, 2.24) is 15.1 Å². The molecule has 0 aliphatic carbocycles. The first-order chi connectivity index (χ1) is 12.1. The second kappa shape index (κ2) is 6.33. The minimum absolute atomic E-state index is 0.0177. The van der Waals surface area contributed by atoms with Gasteiger partial charge in [0.2, 0.25) is 5.91 Å². The van der Waals surface area contributed by atoms with Crippen molar-refractivity contribution < 1.29 is 14.4 Å². The van der Waals surface area contributed by atoms with Crippen LogP contribution in [0.5, 0.6) is 0 Å². The molecular weight excluding hydrogens is 338 g/mol. The number of urea groups is 1. The third kappa shape index (κ3) is 3.02. The maximum Gasteiger partial charge on any atom is 0.324 e. The number of thiophene rings is 1. The SMILES string of the molecule is O=C(c1cccc(CN2C(=O)CNC2=O)c1)N1CCc2sccc2C1. The van der Waals surface area contributed by atoms with Gasteiger partial charge in [0.05, 0.1) is 13.1 Å². The minimum atomic E-state index is -0.386. The fourth-order valence-corrected chi connectivity index (χ4v) is 4.09. The predicted octanol–water partition coefficient (Wildman–Crippen LogP) is 2.00. The van der Waals surface area contributed by atoms with Gasteiger partial charge in [-0.05, 0) is 41.1 Å². The molecule has 0 atom stereocenters. The number of carbonyl (C=O) groups is 3. The molecule has 0 saturated carbocycles. The van der Waals surface area contributed by atoms with E-state index in [1.165, 1.54) is 15.3 Å². The van der Waals surface area contributed by atoms with E-state index in [4.69, 9.17) is 0 Å². The van der Waals surface area contributed by atoms with Crippen LogP contribution < -0.4 is 5.32 Å². The van der Waals surface area contributed by atoms with Gasteiger partial charge < -0.3 is 10.2 Å². The number of hydrogen-bond acceptors (Lipinski definition) is 4. The highest BCUT2D eigenvalue weighted by Gasteiger charge is 2.28. The molecule has 0 radical (unpaired) electrons. The average Bonchev–Trinajstić information content (AvgIpc) is 3.22. The van der Waals surface area contributed by atoms with Gasteiger partial charge in [-0.2, -0.15) is 0 Å². The van der Waals surface area contributed by atoms with Crippen LogP contribution in [-0.4, -0.2) is 40.7 Å². The van der Waals surface area contributed by atoms with Crippen LogP contribution in [-0.2, 0) is 24.3 Å². The molecule has 0 spiro atoms. The van der Waals surface area contributed by atoms with Crippen LogP contribution in [0.3, 0.4) is 0 Å². The third-order valence-corrected chi connectivity index (χ3v) is 5.57. The Morgan fingerprint density at radius 2 is 2.12 bits per heavy atom. The zero-order valence-electron chi connectivity index (χ0n) is 13.5. The highest BCUT2D eigenvalue weighted by Crippen LogP contribution is 2.25. The Morgan fingerprint density at radius 3 is 2.92 bits per heavy atom. The summed E-state index contributed by atoms with van der Waals surface area (Å²) in [6, 6.07) is 8.85. The number of imide groups is 1. The molecule has 1 saturated heterocycles. The lowest BCUT2D eigenvalue weighted by molar-refractivity contribution is -0.125. The first-order valence-electron chi connectivity index (χ1n) is 8.13. The Kier molecular flexibility index (Phi) is 4.01. The molecule has 25 heavy (non-hydrogen) atoms. The summed E-state index contributed by atoms with van der Waals surface area (Å²) in [6.45, 7) is 1.56. The molecular formula is C18H17N3O3S. The van der Waals surface area contributed by atoms with Crippen molar-refractivity contribution in [2.75, 3.05) is 13.1 Å². The maximum absolute atomic E-state index is 12.8. The van der Waals surface area contributed by atoms with Gasteiger partial charge in [-0.1, -0.05) is 12.1 Å². The Balaban J connectivity index is 1.50. The van der Waals surface area contributed by atoms with Crippen LogP contribution in [0.25, 0.3) is 0 Å². The number of benzene rings is 1. The normalized spacial score (nSPS) is 16.8. The molecule has 1 fully saturated rings. The molecule has 3 heterocycles. The Bertz CT molecular complexity index is 845. The summed E-state index contributed by atoms with van der Waals surface area (Å²) in [5.74, 6) is -0.265. The molecule has 2 aliphatic heterocycles. The summed E-state index contributed by atoms with van der Waals surface area (Å²) >= 11 is 1.74. The van der Waals surface area contributed by atoms with Crippen molar-refractivity contribution in [2.24, 2.45) is 0 Å². The van der Waals surface area contributed by atoms with Crippen molar-refractivity contribution in [3.05, 3.63) is 57.3 Å².